The first-order chi connectivity index (χ1) is 17.8. The Kier molecular flexibility index (Phi) is 7.37. The van der Waals surface area contributed by atoms with Gasteiger partial charge in [0.2, 0.25) is 0 Å². The summed E-state index contributed by atoms with van der Waals surface area (Å²) in [5.74, 6) is 1.59. The van der Waals surface area contributed by atoms with Gasteiger partial charge in [-0.15, -0.1) is 0 Å². The monoisotopic (exact) mass is 547 g/mol. The summed E-state index contributed by atoms with van der Waals surface area (Å²) >= 11 is 0. The van der Waals surface area contributed by atoms with E-state index in [0.717, 1.165) is 50.7 Å². The number of carboxylic acids is 1. The Morgan fingerprint density at radius 3 is 2.32 bits per heavy atom. The first kappa shape index (κ1) is 28.8. The predicted octanol–water partition coefficient (Wildman–Crippen LogP) is 8.13. The SMILES string of the molecule is CCCO/N=C(/C)C1CCC2(C(=O)O)CCC3(C)C(CCC4[C@@]5(C)CCC(OP)C(C)(C)C5CC[C@]43C)C12. The molecule has 1 N–H and O–H groups in total. The van der Waals surface area contributed by atoms with Crippen LogP contribution in [0.25, 0.3) is 0 Å². The molecular formula is C32H54NO4P. The highest BCUT2D eigenvalue weighted by Crippen LogP contribution is 2.77. The molecule has 5 rings (SSSR count). The fraction of sp³-hybridized carbons (Fsp3) is 0.938. The lowest BCUT2D eigenvalue weighted by Gasteiger charge is -2.72. The van der Waals surface area contributed by atoms with Crippen LogP contribution in [0.4, 0.5) is 0 Å². The van der Waals surface area contributed by atoms with Crippen LogP contribution >= 0.6 is 9.47 Å². The molecule has 0 aliphatic heterocycles. The van der Waals surface area contributed by atoms with E-state index in [1.807, 2.05) is 0 Å². The Morgan fingerprint density at radius 1 is 0.921 bits per heavy atom. The molecule has 9 unspecified atom stereocenters. The van der Waals surface area contributed by atoms with Crippen LogP contribution in [0.15, 0.2) is 5.16 Å². The van der Waals surface area contributed by atoms with Crippen LogP contribution in [-0.2, 0) is 14.2 Å². The van der Waals surface area contributed by atoms with Crippen molar-refractivity contribution in [1.29, 1.82) is 0 Å². The molecule has 5 fully saturated rings. The van der Waals surface area contributed by atoms with Gasteiger partial charge in [-0.25, -0.2) is 0 Å². The molecule has 0 radical (unpaired) electrons. The molecule has 38 heavy (non-hydrogen) atoms. The number of fused-ring (bicyclic) bond motifs is 7. The van der Waals surface area contributed by atoms with Crippen molar-refractivity contribution in [2.24, 2.45) is 61.8 Å². The van der Waals surface area contributed by atoms with Crippen LogP contribution in [0.3, 0.4) is 0 Å². The van der Waals surface area contributed by atoms with Crippen molar-refractivity contribution in [1.82, 2.24) is 0 Å². The van der Waals surface area contributed by atoms with Gasteiger partial charge in [0.15, 0.2) is 0 Å². The van der Waals surface area contributed by atoms with Gasteiger partial charge >= 0.3 is 5.97 Å². The van der Waals surface area contributed by atoms with Crippen molar-refractivity contribution >= 4 is 21.1 Å². The number of hydrogen-bond acceptors (Lipinski definition) is 4. The van der Waals surface area contributed by atoms with Gasteiger partial charge in [0.25, 0.3) is 0 Å². The van der Waals surface area contributed by atoms with E-state index < -0.39 is 11.4 Å². The summed E-state index contributed by atoms with van der Waals surface area (Å²) in [7, 11) is 2.55. The van der Waals surface area contributed by atoms with Gasteiger partial charge in [-0.2, -0.15) is 0 Å². The first-order valence-electron chi connectivity index (χ1n) is 15.6. The van der Waals surface area contributed by atoms with E-state index in [1.165, 1.54) is 25.7 Å². The molecule has 0 aromatic heterocycles. The summed E-state index contributed by atoms with van der Waals surface area (Å²) < 4.78 is 5.96. The number of rotatable bonds is 6. The average molecular weight is 548 g/mol. The molecule has 216 valence electrons. The van der Waals surface area contributed by atoms with Crippen LogP contribution in [0.2, 0.25) is 0 Å². The van der Waals surface area contributed by atoms with Crippen LogP contribution < -0.4 is 0 Å². The van der Waals surface area contributed by atoms with Crippen LogP contribution in [0.5, 0.6) is 0 Å². The molecule has 0 heterocycles. The third kappa shape index (κ3) is 3.75. The summed E-state index contributed by atoms with van der Waals surface area (Å²) in [6.45, 7) is 17.5. The molecule has 0 saturated heterocycles. The van der Waals surface area contributed by atoms with Gasteiger partial charge in [-0.05, 0) is 123 Å². The molecule has 5 saturated carbocycles. The van der Waals surface area contributed by atoms with E-state index >= 15 is 0 Å². The lowest BCUT2D eigenvalue weighted by Crippen LogP contribution is -2.67. The van der Waals surface area contributed by atoms with Gasteiger partial charge in [0.1, 0.15) is 6.61 Å². The zero-order chi connectivity index (χ0) is 27.7. The number of hydrogen-bond donors (Lipinski definition) is 1. The van der Waals surface area contributed by atoms with E-state index in [-0.39, 0.29) is 28.1 Å². The Balaban J connectivity index is 1.52. The Bertz CT molecular complexity index is 967. The zero-order valence-corrected chi connectivity index (χ0v) is 26.3. The molecule has 0 amide bonds. The normalized spacial score (nSPS) is 49.8. The minimum Gasteiger partial charge on any atom is -0.481 e. The summed E-state index contributed by atoms with van der Waals surface area (Å²) in [5, 5.41) is 15.2. The Morgan fingerprint density at radius 2 is 1.66 bits per heavy atom. The quantitative estimate of drug-likeness (QED) is 0.158. The van der Waals surface area contributed by atoms with Gasteiger partial charge in [0, 0.05) is 15.4 Å². The number of oxime groups is 1. The van der Waals surface area contributed by atoms with Gasteiger partial charge < -0.3 is 14.5 Å². The minimum atomic E-state index is -0.600. The second-order valence-electron chi connectivity index (χ2n) is 15.4. The maximum atomic E-state index is 13.0. The zero-order valence-electron chi connectivity index (χ0n) is 25.1. The first-order valence-corrected chi connectivity index (χ1v) is 16.1. The maximum absolute atomic E-state index is 13.0. The van der Waals surface area contributed by atoms with E-state index in [0.29, 0.717) is 35.9 Å². The molecular weight excluding hydrogens is 493 g/mol. The van der Waals surface area contributed by atoms with Gasteiger partial charge in [-0.3, -0.25) is 4.79 Å². The summed E-state index contributed by atoms with van der Waals surface area (Å²) in [5.41, 5.74) is 1.28. The number of carbonyl (C=O) groups is 1. The number of carboxylic acid groups (broad SMARTS) is 1. The molecule has 5 aliphatic rings. The largest absolute Gasteiger partial charge is 0.481 e. The Labute approximate surface area is 233 Å². The van der Waals surface area contributed by atoms with Crippen LogP contribution in [0.1, 0.15) is 119 Å². The van der Waals surface area contributed by atoms with Crippen LogP contribution in [0, 0.1) is 56.7 Å². The van der Waals surface area contributed by atoms with Gasteiger partial charge in [-0.1, -0.05) is 46.7 Å². The van der Waals surface area contributed by atoms with Crippen molar-refractivity contribution in [3.8, 4) is 0 Å². The van der Waals surface area contributed by atoms with E-state index in [2.05, 4.69) is 63.1 Å². The third-order valence-corrected chi connectivity index (χ3v) is 14.3. The van der Waals surface area contributed by atoms with E-state index in [1.54, 1.807) is 0 Å². The maximum Gasteiger partial charge on any atom is 0.309 e. The van der Waals surface area contributed by atoms with Crippen LogP contribution in [-0.4, -0.2) is 29.5 Å². The molecule has 5 aliphatic carbocycles. The lowest BCUT2D eigenvalue weighted by molar-refractivity contribution is -0.245. The van der Waals surface area contributed by atoms with Crippen molar-refractivity contribution < 1.29 is 19.3 Å². The lowest BCUT2D eigenvalue weighted by atomic mass is 9.32. The van der Waals surface area contributed by atoms with Crippen molar-refractivity contribution in [3.63, 3.8) is 0 Å². The highest BCUT2D eigenvalue weighted by atomic mass is 31.0. The molecule has 0 bridgehead atoms. The fourth-order valence-electron chi connectivity index (χ4n) is 12.0. The smallest absolute Gasteiger partial charge is 0.309 e. The second kappa shape index (κ2) is 9.71. The van der Waals surface area contributed by atoms with E-state index in [4.69, 9.17) is 9.36 Å². The highest BCUT2D eigenvalue weighted by Gasteiger charge is 2.72. The molecule has 6 heteroatoms. The number of aliphatic carboxylic acids is 1. The van der Waals surface area contributed by atoms with Crippen molar-refractivity contribution in [3.05, 3.63) is 0 Å². The highest BCUT2D eigenvalue weighted by molar-refractivity contribution is 7.09. The summed E-state index contributed by atoms with van der Waals surface area (Å²) in [6, 6.07) is 0. The van der Waals surface area contributed by atoms with Crippen molar-refractivity contribution in [2.45, 2.75) is 125 Å². The molecule has 0 spiro atoms. The summed E-state index contributed by atoms with van der Waals surface area (Å²) in [4.78, 5) is 18.6. The topological polar surface area (TPSA) is 68.1 Å². The Hall–Kier alpha value is -0.670. The van der Waals surface area contributed by atoms with E-state index in [9.17, 15) is 9.90 Å². The fourth-order valence-corrected chi connectivity index (χ4v) is 12.4. The second-order valence-corrected chi connectivity index (χ2v) is 15.6. The van der Waals surface area contributed by atoms with Gasteiger partial charge in [0.05, 0.1) is 17.2 Å². The third-order valence-electron chi connectivity index (χ3n) is 14.0. The number of nitrogens with zero attached hydrogens (tertiary/aromatic N) is 1. The standard InChI is InChI=1S/C32H54NO4P/c1-8-19-36-33-20(2)21-11-16-32(27(34)35)18-17-30(6)22(26(21)32)9-10-24-29(5)14-13-25(37-38)28(3,4)23(29)12-15-31(24,30)7/h21-26H,8-19,38H2,1-7H3,(H,34,35)/b33-20-/t21?,22?,23?,24?,25?,26?,29-,30?,31+,32?/m0/s1. The predicted molar refractivity (Wildman–Crippen MR) is 156 cm³/mol. The molecule has 5 nitrogen and oxygen atoms in total. The minimum absolute atomic E-state index is 0.152. The van der Waals surface area contributed by atoms with Crippen molar-refractivity contribution in [2.75, 3.05) is 6.61 Å². The molecule has 11 atom stereocenters. The molecule has 0 aromatic rings. The summed E-state index contributed by atoms with van der Waals surface area (Å²) in [6.07, 6.45) is 12.1. The average Bonchev–Trinajstić information content (AvgIpc) is 3.25. The molecule has 0 aromatic carbocycles.